The van der Waals surface area contributed by atoms with Crippen molar-refractivity contribution in [2.24, 2.45) is 0 Å². The van der Waals surface area contributed by atoms with Gasteiger partial charge >= 0.3 is 12.3 Å². The maximum Gasteiger partial charge on any atom is 0.503 e. The molecule has 0 bridgehead atoms. The minimum absolute atomic E-state index is 1.32. The summed E-state index contributed by atoms with van der Waals surface area (Å²) in [5.41, 5.74) is 1.32. The molecule has 0 atom stereocenters. The Morgan fingerprint density at radius 3 is 1.27 bits per heavy atom. The van der Waals surface area contributed by atoms with E-state index in [9.17, 15) is 0 Å². The van der Waals surface area contributed by atoms with Crippen LogP contribution in [0.3, 0.4) is 0 Å². The maximum absolute atomic E-state index is 8.56. The van der Waals surface area contributed by atoms with E-state index in [4.69, 9.17) is 30.0 Å². The first-order valence-electron chi connectivity index (χ1n) is 3.71. The predicted molar refractivity (Wildman–Crippen MR) is 52.5 cm³/mol. The van der Waals surface area contributed by atoms with Crippen molar-refractivity contribution in [3.05, 3.63) is 35.9 Å². The molecule has 0 spiro atoms. The lowest BCUT2D eigenvalue weighted by Crippen LogP contribution is -1.81. The second-order valence-corrected chi connectivity index (χ2v) is 2.22. The Morgan fingerprint density at radius 1 is 0.867 bits per heavy atom. The van der Waals surface area contributed by atoms with E-state index < -0.39 is 12.3 Å². The van der Waals surface area contributed by atoms with Crippen molar-refractivity contribution in [3.8, 4) is 0 Å². The van der Waals surface area contributed by atoms with E-state index in [1.165, 1.54) is 5.56 Å². The molecule has 0 aliphatic rings. The maximum atomic E-state index is 8.56. The molecule has 0 aliphatic carbocycles. The summed E-state index contributed by atoms with van der Waals surface area (Å²) in [6.07, 6.45) is -3.67. The zero-order valence-corrected chi connectivity index (χ0v) is 7.99. The van der Waals surface area contributed by atoms with Crippen molar-refractivity contribution in [2.75, 3.05) is 0 Å². The highest BCUT2D eigenvalue weighted by Gasteiger charge is 1.72. The second kappa shape index (κ2) is 9.85. The van der Waals surface area contributed by atoms with Crippen molar-refractivity contribution in [2.45, 2.75) is 6.92 Å². The van der Waals surface area contributed by atoms with Crippen molar-refractivity contribution < 1.29 is 30.0 Å². The van der Waals surface area contributed by atoms with E-state index in [1.54, 1.807) is 0 Å². The van der Waals surface area contributed by atoms with Crippen LogP contribution < -0.4 is 0 Å². The summed E-state index contributed by atoms with van der Waals surface area (Å²) in [7, 11) is 0. The molecule has 0 unspecified atom stereocenters. The van der Waals surface area contributed by atoms with Gasteiger partial charge in [0, 0.05) is 0 Å². The van der Waals surface area contributed by atoms with Crippen LogP contribution in [0.15, 0.2) is 30.3 Å². The third-order valence-corrected chi connectivity index (χ3v) is 0.940. The Balaban J connectivity index is 0. The van der Waals surface area contributed by atoms with Crippen LogP contribution in [0, 0.1) is 6.92 Å². The molecule has 0 aliphatic heterocycles. The second-order valence-electron chi connectivity index (χ2n) is 2.22. The smallest absolute Gasteiger partial charge is 0.450 e. The van der Waals surface area contributed by atoms with Crippen LogP contribution in [0.5, 0.6) is 0 Å². The molecule has 0 heterocycles. The van der Waals surface area contributed by atoms with E-state index in [1.807, 2.05) is 18.2 Å². The summed E-state index contributed by atoms with van der Waals surface area (Å²) in [6, 6.07) is 10.3. The molecule has 1 aromatic rings. The fourth-order valence-electron chi connectivity index (χ4n) is 0.534. The van der Waals surface area contributed by atoms with E-state index in [-0.39, 0.29) is 0 Å². The van der Waals surface area contributed by atoms with Crippen molar-refractivity contribution in [3.63, 3.8) is 0 Å². The van der Waals surface area contributed by atoms with Gasteiger partial charge in [0.1, 0.15) is 0 Å². The first kappa shape index (κ1) is 15.2. The number of benzene rings is 1. The van der Waals surface area contributed by atoms with Gasteiger partial charge in [-0.15, -0.1) is 0 Å². The largest absolute Gasteiger partial charge is 0.503 e. The molecule has 6 heteroatoms. The Bertz CT molecular complexity index is 262. The number of rotatable bonds is 0. The van der Waals surface area contributed by atoms with E-state index in [0.717, 1.165) is 0 Å². The molecule has 0 fully saturated rings. The number of aryl methyl sites for hydroxylation is 1. The van der Waals surface area contributed by atoms with Gasteiger partial charge in [0.15, 0.2) is 0 Å². The summed E-state index contributed by atoms with van der Waals surface area (Å²) < 4.78 is 0. The molecule has 1 aromatic carbocycles. The molecule has 0 saturated heterocycles. The number of hydrogen-bond acceptors (Lipinski definition) is 2. The van der Waals surface area contributed by atoms with Gasteiger partial charge in [0.25, 0.3) is 0 Å². The molecule has 0 saturated carbocycles. The molecule has 1 rings (SSSR count). The molecule has 84 valence electrons. The summed E-state index contributed by atoms with van der Waals surface area (Å²) in [4.78, 5) is 17.1. The topological polar surface area (TPSA) is 115 Å². The molecule has 6 nitrogen and oxygen atoms in total. The van der Waals surface area contributed by atoms with Crippen molar-refractivity contribution in [1.29, 1.82) is 0 Å². The normalized spacial score (nSPS) is 7.27. The highest BCUT2D eigenvalue weighted by Crippen LogP contribution is 1.92. The predicted octanol–water partition coefficient (Wildman–Crippen LogP) is 2.44. The van der Waals surface area contributed by atoms with Crippen LogP contribution in [0.2, 0.25) is 0 Å². The van der Waals surface area contributed by atoms with Gasteiger partial charge in [0.2, 0.25) is 0 Å². The fraction of sp³-hybridized carbons (Fsp3) is 0.111. The Hall–Kier alpha value is -2.24. The quantitative estimate of drug-likeness (QED) is 0.529. The highest BCUT2D eigenvalue weighted by atomic mass is 16.6. The lowest BCUT2D eigenvalue weighted by molar-refractivity contribution is 0.135. The van der Waals surface area contributed by atoms with E-state index in [2.05, 4.69) is 19.1 Å². The van der Waals surface area contributed by atoms with Gasteiger partial charge in [-0.1, -0.05) is 35.9 Å². The highest BCUT2D eigenvalue weighted by molar-refractivity contribution is 5.53. The van der Waals surface area contributed by atoms with Crippen LogP contribution in [0.4, 0.5) is 9.59 Å². The minimum Gasteiger partial charge on any atom is -0.450 e. The van der Waals surface area contributed by atoms with Gasteiger partial charge < -0.3 is 20.4 Å². The molecule has 15 heavy (non-hydrogen) atoms. The fourth-order valence-corrected chi connectivity index (χ4v) is 0.534. The van der Waals surface area contributed by atoms with Crippen molar-refractivity contribution in [1.82, 2.24) is 0 Å². The number of carboxylic acid groups (broad SMARTS) is 4. The molecular formula is C9H12O6. The third-order valence-electron chi connectivity index (χ3n) is 0.940. The zero-order valence-electron chi connectivity index (χ0n) is 7.99. The summed E-state index contributed by atoms with van der Waals surface area (Å²) in [5.74, 6) is 0. The molecule has 0 aromatic heterocycles. The van der Waals surface area contributed by atoms with Crippen molar-refractivity contribution >= 4 is 12.3 Å². The number of hydrogen-bond donors (Lipinski definition) is 4. The summed E-state index contributed by atoms with van der Waals surface area (Å²) in [6.45, 7) is 2.08. The average Bonchev–Trinajstić information content (AvgIpc) is 2.03. The lowest BCUT2D eigenvalue weighted by Gasteiger charge is -1.82. The molecule has 4 N–H and O–H groups in total. The standard InChI is InChI=1S/C7H8.2CH2O3/c1-7-5-3-2-4-6-7;2*2-1(3)4/h2-6H,1H3;2*(H2,2,3,4). The van der Waals surface area contributed by atoms with Gasteiger partial charge in [-0.25, -0.2) is 9.59 Å². The van der Waals surface area contributed by atoms with E-state index in [0.29, 0.717) is 0 Å². The first-order valence-corrected chi connectivity index (χ1v) is 3.71. The van der Waals surface area contributed by atoms with Crippen LogP contribution in [-0.2, 0) is 0 Å². The van der Waals surface area contributed by atoms with E-state index >= 15 is 0 Å². The Kier molecular flexibility index (Phi) is 10.0. The summed E-state index contributed by atoms with van der Waals surface area (Å²) in [5, 5.41) is 27.9. The van der Waals surface area contributed by atoms with Crippen LogP contribution in [0.25, 0.3) is 0 Å². The van der Waals surface area contributed by atoms with Gasteiger partial charge in [-0.3, -0.25) is 0 Å². The van der Waals surface area contributed by atoms with Crippen LogP contribution in [0.1, 0.15) is 5.56 Å². The Labute approximate surface area is 86.0 Å². The third kappa shape index (κ3) is 33.8. The van der Waals surface area contributed by atoms with Gasteiger partial charge in [-0.05, 0) is 6.92 Å². The molecular weight excluding hydrogens is 204 g/mol. The minimum atomic E-state index is -1.83. The average molecular weight is 216 g/mol. The van der Waals surface area contributed by atoms with Gasteiger partial charge in [0.05, 0.1) is 0 Å². The SMILES string of the molecule is Cc1ccccc1.O=C(O)O.O=C(O)O. The summed E-state index contributed by atoms with van der Waals surface area (Å²) >= 11 is 0. The monoisotopic (exact) mass is 216 g/mol. The van der Waals surface area contributed by atoms with Gasteiger partial charge in [-0.2, -0.15) is 0 Å². The zero-order chi connectivity index (χ0) is 12.3. The number of carbonyl (C=O) groups is 2. The first-order chi connectivity index (χ1) is 6.86. The van der Waals surface area contributed by atoms with Crippen LogP contribution >= 0.6 is 0 Å². The Morgan fingerprint density at radius 2 is 1.13 bits per heavy atom. The molecule has 0 radical (unpaired) electrons. The van der Waals surface area contributed by atoms with Crippen LogP contribution in [-0.4, -0.2) is 32.7 Å². The molecule has 0 amide bonds. The lowest BCUT2D eigenvalue weighted by atomic mass is 10.2.